The fraction of sp³-hybridized carbons (Fsp3) is 0.500. The highest BCUT2D eigenvalue weighted by atomic mass is 16.5. The van der Waals surface area contributed by atoms with Crippen molar-refractivity contribution in [3.63, 3.8) is 0 Å². The zero-order valence-electron chi connectivity index (χ0n) is 18.4. The standard InChI is InChI=1S/C28H38O/c1-3-5-7-8-23-9-13-25(14-10-23)27-17-19-28(20-18-27)26-15-11-24(12-16-26)22-29-21-6-4-2/h5,7,11-12,15-20,23,25H,3-4,6,8-10,13-14,21-22H2,1-2H3/t23-,25-. The minimum atomic E-state index is 0.718. The van der Waals surface area contributed by atoms with Gasteiger partial charge < -0.3 is 4.74 Å². The van der Waals surface area contributed by atoms with Gasteiger partial charge in [0.1, 0.15) is 0 Å². The van der Waals surface area contributed by atoms with Gasteiger partial charge in [-0.15, -0.1) is 0 Å². The molecular weight excluding hydrogens is 352 g/mol. The average Bonchev–Trinajstić information content (AvgIpc) is 2.78. The Labute approximate surface area is 178 Å². The van der Waals surface area contributed by atoms with Crippen LogP contribution in [0.1, 0.15) is 82.3 Å². The van der Waals surface area contributed by atoms with Gasteiger partial charge in [0.2, 0.25) is 0 Å². The molecule has 1 aliphatic carbocycles. The molecule has 1 heteroatoms. The van der Waals surface area contributed by atoms with Crippen LogP contribution in [-0.2, 0) is 11.3 Å². The van der Waals surface area contributed by atoms with E-state index in [9.17, 15) is 0 Å². The minimum Gasteiger partial charge on any atom is -0.377 e. The molecule has 1 fully saturated rings. The number of ether oxygens (including phenoxy) is 1. The van der Waals surface area contributed by atoms with Crippen LogP contribution in [0.4, 0.5) is 0 Å². The molecule has 0 amide bonds. The first-order valence-electron chi connectivity index (χ1n) is 11.7. The Balaban J connectivity index is 1.50. The van der Waals surface area contributed by atoms with Gasteiger partial charge in [0.05, 0.1) is 6.61 Å². The van der Waals surface area contributed by atoms with Crippen molar-refractivity contribution in [2.75, 3.05) is 6.61 Å². The largest absolute Gasteiger partial charge is 0.377 e. The van der Waals surface area contributed by atoms with E-state index in [0.717, 1.165) is 37.9 Å². The van der Waals surface area contributed by atoms with E-state index >= 15 is 0 Å². The first-order chi connectivity index (χ1) is 14.3. The molecule has 0 aromatic heterocycles. The Morgan fingerprint density at radius 3 is 2.10 bits per heavy atom. The molecule has 0 atom stereocenters. The highest BCUT2D eigenvalue weighted by Gasteiger charge is 2.21. The normalized spacial score (nSPS) is 19.7. The molecule has 1 saturated carbocycles. The van der Waals surface area contributed by atoms with E-state index in [1.165, 1.54) is 60.8 Å². The quantitative estimate of drug-likeness (QED) is 0.293. The van der Waals surface area contributed by atoms with Gasteiger partial charge in [-0.3, -0.25) is 0 Å². The van der Waals surface area contributed by atoms with E-state index in [0.29, 0.717) is 0 Å². The van der Waals surface area contributed by atoms with E-state index in [4.69, 9.17) is 4.74 Å². The molecule has 0 aliphatic heterocycles. The molecule has 0 bridgehead atoms. The van der Waals surface area contributed by atoms with Gasteiger partial charge in [0.25, 0.3) is 0 Å². The zero-order chi connectivity index (χ0) is 20.3. The third kappa shape index (κ3) is 6.85. The summed E-state index contributed by atoms with van der Waals surface area (Å²) in [6, 6.07) is 18.2. The summed E-state index contributed by atoms with van der Waals surface area (Å²) in [5.74, 6) is 1.65. The van der Waals surface area contributed by atoms with Crippen LogP contribution in [0.25, 0.3) is 11.1 Å². The Hall–Kier alpha value is -1.86. The molecule has 0 unspecified atom stereocenters. The van der Waals surface area contributed by atoms with Crippen LogP contribution < -0.4 is 0 Å². The van der Waals surface area contributed by atoms with Gasteiger partial charge in [-0.2, -0.15) is 0 Å². The number of benzene rings is 2. The van der Waals surface area contributed by atoms with Crippen molar-refractivity contribution >= 4 is 0 Å². The smallest absolute Gasteiger partial charge is 0.0716 e. The van der Waals surface area contributed by atoms with Crippen LogP contribution >= 0.6 is 0 Å². The Kier molecular flexibility index (Phi) is 9.02. The van der Waals surface area contributed by atoms with Gasteiger partial charge in [-0.05, 0) is 79.0 Å². The van der Waals surface area contributed by atoms with E-state index in [1.54, 1.807) is 0 Å². The maximum Gasteiger partial charge on any atom is 0.0716 e. The molecule has 3 rings (SSSR count). The number of hydrogen-bond acceptors (Lipinski definition) is 1. The first kappa shape index (κ1) is 21.8. The molecule has 2 aromatic carbocycles. The molecule has 1 aliphatic rings. The third-order valence-electron chi connectivity index (χ3n) is 6.30. The maximum atomic E-state index is 5.72. The predicted octanol–water partition coefficient (Wildman–Crippen LogP) is 8.30. The lowest BCUT2D eigenvalue weighted by Crippen LogP contribution is -2.12. The lowest BCUT2D eigenvalue weighted by molar-refractivity contribution is 0.118. The van der Waals surface area contributed by atoms with Crippen molar-refractivity contribution in [2.45, 2.75) is 77.7 Å². The van der Waals surface area contributed by atoms with E-state index in [-0.39, 0.29) is 0 Å². The van der Waals surface area contributed by atoms with Crippen LogP contribution in [0.5, 0.6) is 0 Å². The van der Waals surface area contributed by atoms with E-state index in [2.05, 4.69) is 74.5 Å². The number of unbranched alkanes of at least 4 members (excludes halogenated alkanes) is 1. The summed E-state index contributed by atoms with van der Waals surface area (Å²) in [5.41, 5.74) is 5.38. The molecule has 0 radical (unpaired) electrons. The fourth-order valence-electron chi connectivity index (χ4n) is 4.36. The van der Waals surface area contributed by atoms with Gasteiger partial charge in [0, 0.05) is 6.61 Å². The summed E-state index contributed by atoms with van der Waals surface area (Å²) < 4.78 is 5.72. The van der Waals surface area contributed by atoms with Gasteiger partial charge >= 0.3 is 0 Å². The van der Waals surface area contributed by atoms with Gasteiger partial charge in [0.15, 0.2) is 0 Å². The third-order valence-corrected chi connectivity index (χ3v) is 6.30. The van der Waals surface area contributed by atoms with Gasteiger partial charge in [-0.25, -0.2) is 0 Å². The Morgan fingerprint density at radius 2 is 1.48 bits per heavy atom. The second kappa shape index (κ2) is 12.0. The zero-order valence-corrected chi connectivity index (χ0v) is 18.4. The summed E-state index contributed by atoms with van der Waals surface area (Å²) >= 11 is 0. The number of allylic oxidation sites excluding steroid dienone is 2. The van der Waals surface area contributed by atoms with Crippen LogP contribution in [0.2, 0.25) is 0 Å². The second-order valence-corrected chi connectivity index (χ2v) is 8.56. The molecule has 0 spiro atoms. The molecule has 1 nitrogen and oxygen atoms in total. The predicted molar refractivity (Wildman–Crippen MR) is 125 cm³/mol. The lowest BCUT2D eigenvalue weighted by Gasteiger charge is -2.28. The van der Waals surface area contributed by atoms with Crippen molar-refractivity contribution < 1.29 is 4.74 Å². The average molecular weight is 391 g/mol. The van der Waals surface area contributed by atoms with Crippen molar-refractivity contribution in [3.05, 3.63) is 71.8 Å². The summed E-state index contributed by atoms with van der Waals surface area (Å²) in [4.78, 5) is 0. The minimum absolute atomic E-state index is 0.718. The monoisotopic (exact) mass is 390 g/mol. The topological polar surface area (TPSA) is 9.23 Å². The lowest BCUT2D eigenvalue weighted by atomic mass is 9.77. The Bertz CT molecular complexity index is 718. The molecule has 0 saturated heterocycles. The Morgan fingerprint density at radius 1 is 0.828 bits per heavy atom. The van der Waals surface area contributed by atoms with E-state index in [1.807, 2.05) is 0 Å². The van der Waals surface area contributed by atoms with Crippen molar-refractivity contribution in [1.82, 2.24) is 0 Å². The summed E-state index contributed by atoms with van der Waals surface area (Å²) in [7, 11) is 0. The fourth-order valence-corrected chi connectivity index (χ4v) is 4.36. The van der Waals surface area contributed by atoms with E-state index < -0.39 is 0 Å². The van der Waals surface area contributed by atoms with Crippen LogP contribution in [0.3, 0.4) is 0 Å². The second-order valence-electron chi connectivity index (χ2n) is 8.56. The highest BCUT2D eigenvalue weighted by molar-refractivity contribution is 5.64. The number of hydrogen-bond donors (Lipinski definition) is 0. The number of rotatable bonds is 10. The summed E-state index contributed by atoms with van der Waals surface area (Å²) in [5, 5.41) is 0. The first-order valence-corrected chi connectivity index (χ1v) is 11.7. The molecule has 29 heavy (non-hydrogen) atoms. The van der Waals surface area contributed by atoms with Crippen molar-refractivity contribution in [3.8, 4) is 11.1 Å². The van der Waals surface area contributed by atoms with Crippen LogP contribution in [0.15, 0.2) is 60.7 Å². The summed E-state index contributed by atoms with van der Waals surface area (Å²) in [6.07, 6.45) is 14.9. The molecule has 0 heterocycles. The molecule has 2 aromatic rings. The maximum absolute atomic E-state index is 5.72. The SMILES string of the molecule is CCC=CC[C@H]1CC[C@H](c2ccc(-c3ccc(COCCCC)cc3)cc2)CC1. The summed E-state index contributed by atoms with van der Waals surface area (Å²) in [6.45, 7) is 5.99. The van der Waals surface area contributed by atoms with Crippen molar-refractivity contribution in [1.29, 1.82) is 0 Å². The van der Waals surface area contributed by atoms with Crippen LogP contribution in [-0.4, -0.2) is 6.61 Å². The highest BCUT2D eigenvalue weighted by Crippen LogP contribution is 2.37. The molecule has 0 N–H and O–H groups in total. The van der Waals surface area contributed by atoms with Gasteiger partial charge in [-0.1, -0.05) is 81.0 Å². The molecule has 156 valence electrons. The van der Waals surface area contributed by atoms with Crippen molar-refractivity contribution in [2.24, 2.45) is 5.92 Å². The molecular formula is C28H38O. The van der Waals surface area contributed by atoms with Crippen LogP contribution in [0, 0.1) is 5.92 Å².